The number of nitrogens with zero attached hydrogens (tertiary/aromatic N) is 7. The lowest BCUT2D eigenvalue weighted by molar-refractivity contribution is -0.141. The van der Waals surface area contributed by atoms with Crippen LogP contribution in [0.4, 0.5) is 19.0 Å². The van der Waals surface area contributed by atoms with Gasteiger partial charge in [0, 0.05) is 50.3 Å². The molecule has 0 spiro atoms. The predicted octanol–water partition coefficient (Wildman–Crippen LogP) is 4.31. The minimum atomic E-state index is -4.53. The molecule has 0 radical (unpaired) electrons. The molecule has 0 bridgehead atoms. The third-order valence-electron chi connectivity index (χ3n) is 6.88. The van der Waals surface area contributed by atoms with Gasteiger partial charge in [-0.05, 0) is 32.4 Å². The maximum Gasteiger partial charge on any atom is 0.433 e. The first-order valence-electron chi connectivity index (χ1n) is 13.6. The summed E-state index contributed by atoms with van der Waals surface area (Å²) >= 11 is 0. The van der Waals surface area contributed by atoms with Gasteiger partial charge in [0.1, 0.15) is 17.3 Å². The van der Waals surface area contributed by atoms with Gasteiger partial charge in [0.15, 0.2) is 5.82 Å². The van der Waals surface area contributed by atoms with Crippen LogP contribution in [-0.4, -0.2) is 74.8 Å². The Morgan fingerprint density at radius 3 is 2.42 bits per heavy atom. The summed E-state index contributed by atoms with van der Waals surface area (Å²) < 4.78 is 42.3. The van der Waals surface area contributed by atoms with E-state index in [1.165, 1.54) is 0 Å². The molecule has 1 aromatic carbocycles. The Hall–Kier alpha value is -3.54. The molecule has 0 unspecified atom stereocenters. The van der Waals surface area contributed by atoms with E-state index in [1.807, 2.05) is 56.0 Å². The van der Waals surface area contributed by atoms with Crippen molar-refractivity contribution < 1.29 is 18.0 Å². The van der Waals surface area contributed by atoms with Crippen molar-refractivity contribution in [1.82, 2.24) is 34.9 Å². The highest BCUT2D eigenvalue weighted by atomic mass is 19.4. The molecule has 2 aromatic heterocycles. The maximum atomic E-state index is 13.5. The van der Waals surface area contributed by atoms with E-state index in [4.69, 9.17) is 0 Å². The maximum absolute atomic E-state index is 13.5. The number of amides is 1. The first-order valence-corrected chi connectivity index (χ1v) is 13.6. The van der Waals surface area contributed by atoms with E-state index in [0.717, 1.165) is 50.5 Å². The normalized spacial score (nSPS) is 15.2. The highest BCUT2D eigenvalue weighted by molar-refractivity contribution is 5.91. The first-order chi connectivity index (χ1) is 18.9. The van der Waals surface area contributed by atoms with Crippen LogP contribution in [0.15, 0.2) is 36.4 Å². The quantitative estimate of drug-likeness (QED) is 0.412. The van der Waals surface area contributed by atoms with Crippen molar-refractivity contribution in [2.75, 3.05) is 44.2 Å². The molecule has 4 rings (SSSR count). The molecule has 3 heterocycles. The number of anilines is 1. The van der Waals surface area contributed by atoms with Gasteiger partial charge in [-0.1, -0.05) is 51.1 Å². The summed E-state index contributed by atoms with van der Waals surface area (Å²) in [4.78, 5) is 25.2. The summed E-state index contributed by atoms with van der Waals surface area (Å²) in [5, 5.41) is 11.1. The second-order valence-electron chi connectivity index (χ2n) is 11.1. The zero-order chi connectivity index (χ0) is 28.9. The van der Waals surface area contributed by atoms with Crippen LogP contribution in [0.2, 0.25) is 0 Å². The Morgan fingerprint density at radius 1 is 0.975 bits per heavy atom. The average molecular weight is 559 g/mol. The van der Waals surface area contributed by atoms with Crippen molar-refractivity contribution in [3.05, 3.63) is 53.7 Å². The SMILES string of the molecule is Cn1c(C(=O)NCCCCN2CCCN(c3cc(C(F)(F)F)nc(C(C)(C)C)n3)CC2)nnc1-c1ccccc1. The third-order valence-corrected chi connectivity index (χ3v) is 6.88. The zero-order valence-electron chi connectivity index (χ0n) is 23.5. The lowest BCUT2D eigenvalue weighted by Crippen LogP contribution is -2.33. The topological polar surface area (TPSA) is 92.1 Å². The molecule has 1 N–H and O–H groups in total. The molecule has 12 heteroatoms. The molecule has 1 fully saturated rings. The summed E-state index contributed by atoms with van der Waals surface area (Å²) in [6.45, 7) is 9.60. The molecule has 0 saturated carbocycles. The highest BCUT2D eigenvalue weighted by Gasteiger charge is 2.35. The molecule has 216 valence electrons. The van der Waals surface area contributed by atoms with Crippen LogP contribution in [0.5, 0.6) is 0 Å². The molecular formula is C28H37F3N8O. The number of alkyl halides is 3. The summed E-state index contributed by atoms with van der Waals surface area (Å²) in [6.07, 6.45) is -2.02. The molecule has 1 aliphatic rings. The predicted molar refractivity (Wildman–Crippen MR) is 147 cm³/mol. The molecule has 0 atom stereocenters. The van der Waals surface area contributed by atoms with Gasteiger partial charge in [-0.2, -0.15) is 13.2 Å². The van der Waals surface area contributed by atoms with Crippen molar-refractivity contribution in [3.63, 3.8) is 0 Å². The van der Waals surface area contributed by atoms with Gasteiger partial charge in [-0.3, -0.25) is 4.79 Å². The van der Waals surface area contributed by atoms with E-state index < -0.39 is 17.3 Å². The smallest absolute Gasteiger partial charge is 0.355 e. The number of nitrogens with one attached hydrogen (secondary N) is 1. The Bertz CT molecular complexity index is 1250. The number of aromatic nitrogens is 5. The molecular weight excluding hydrogens is 521 g/mol. The van der Waals surface area contributed by atoms with Crippen LogP contribution in [0.25, 0.3) is 11.4 Å². The number of unbranched alkanes of at least 4 members (excludes halogenated alkanes) is 1. The van der Waals surface area contributed by atoms with E-state index in [9.17, 15) is 18.0 Å². The van der Waals surface area contributed by atoms with Crippen LogP contribution < -0.4 is 10.2 Å². The Labute approximate surface area is 232 Å². The molecule has 40 heavy (non-hydrogen) atoms. The van der Waals surface area contributed by atoms with Crippen molar-refractivity contribution in [1.29, 1.82) is 0 Å². The Morgan fingerprint density at radius 2 is 1.73 bits per heavy atom. The van der Waals surface area contributed by atoms with E-state index in [-0.39, 0.29) is 17.6 Å². The fourth-order valence-electron chi connectivity index (χ4n) is 4.61. The van der Waals surface area contributed by atoms with Crippen molar-refractivity contribution in [2.24, 2.45) is 7.05 Å². The van der Waals surface area contributed by atoms with Gasteiger partial charge in [0.2, 0.25) is 5.82 Å². The largest absolute Gasteiger partial charge is 0.433 e. The van der Waals surface area contributed by atoms with Gasteiger partial charge < -0.3 is 19.7 Å². The number of hydrogen-bond acceptors (Lipinski definition) is 7. The Kier molecular flexibility index (Phi) is 9.07. The van der Waals surface area contributed by atoms with Gasteiger partial charge >= 0.3 is 6.18 Å². The minimum Gasteiger partial charge on any atom is -0.355 e. The molecule has 3 aromatic rings. The van der Waals surface area contributed by atoms with Gasteiger partial charge in [0.05, 0.1) is 0 Å². The van der Waals surface area contributed by atoms with Crippen molar-refractivity contribution >= 4 is 11.7 Å². The Balaban J connectivity index is 1.25. The lowest BCUT2D eigenvalue weighted by Gasteiger charge is -2.26. The van der Waals surface area contributed by atoms with Crippen LogP contribution >= 0.6 is 0 Å². The van der Waals surface area contributed by atoms with Crippen LogP contribution in [-0.2, 0) is 18.6 Å². The molecule has 1 aliphatic heterocycles. The van der Waals surface area contributed by atoms with Gasteiger partial charge in [0.25, 0.3) is 5.91 Å². The van der Waals surface area contributed by atoms with Gasteiger partial charge in [-0.15, -0.1) is 10.2 Å². The highest BCUT2D eigenvalue weighted by Crippen LogP contribution is 2.32. The monoisotopic (exact) mass is 558 g/mol. The van der Waals surface area contributed by atoms with Crippen LogP contribution in [0.3, 0.4) is 0 Å². The van der Waals surface area contributed by atoms with E-state index in [1.54, 1.807) is 11.6 Å². The molecule has 1 saturated heterocycles. The van der Waals surface area contributed by atoms with Crippen molar-refractivity contribution in [3.8, 4) is 11.4 Å². The number of halogens is 3. The van der Waals surface area contributed by atoms with E-state index in [2.05, 4.69) is 30.4 Å². The van der Waals surface area contributed by atoms with Crippen LogP contribution in [0, 0.1) is 0 Å². The standard InChI is InChI=1S/C28H37F3N8O/c1-27(2,3)26-33-21(28(29,30)31)19-22(34-26)39-16-10-15-38(17-18-39)14-9-8-13-32-25(40)24-36-35-23(37(24)4)20-11-6-5-7-12-20/h5-7,11-12,19H,8-10,13-18H2,1-4H3,(H,32,40). The fourth-order valence-corrected chi connectivity index (χ4v) is 4.61. The summed E-state index contributed by atoms with van der Waals surface area (Å²) in [5.74, 6) is 1.15. The molecule has 0 aliphatic carbocycles. The number of hydrogen-bond donors (Lipinski definition) is 1. The number of carbonyl (C=O) groups is 1. The van der Waals surface area contributed by atoms with E-state index in [0.29, 0.717) is 31.3 Å². The van der Waals surface area contributed by atoms with E-state index >= 15 is 0 Å². The zero-order valence-corrected chi connectivity index (χ0v) is 23.5. The van der Waals surface area contributed by atoms with Gasteiger partial charge in [-0.25, -0.2) is 9.97 Å². The average Bonchev–Trinajstić information content (AvgIpc) is 3.13. The molecule has 9 nitrogen and oxygen atoms in total. The van der Waals surface area contributed by atoms with Crippen molar-refractivity contribution in [2.45, 2.75) is 51.6 Å². The summed E-state index contributed by atoms with van der Waals surface area (Å²) in [5.41, 5.74) is -0.605. The molecule has 1 amide bonds. The second-order valence-corrected chi connectivity index (χ2v) is 11.1. The number of carbonyl (C=O) groups excluding carboxylic acids is 1. The number of rotatable bonds is 8. The van der Waals surface area contributed by atoms with Crippen LogP contribution in [0.1, 0.15) is 62.2 Å². The lowest BCUT2D eigenvalue weighted by atomic mass is 9.95. The minimum absolute atomic E-state index is 0.193. The number of benzene rings is 1. The summed E-state index contributed by atoms with van der Waals surface area (Å²) in [6, 6.07) is 10.6. The second kappa shape index (κ2) is 12.3. The first kappa shape index (κ1) is 29.4. The summed E-state index contributed by atoms with van der Waals surface area (Å²) in [7, 11) is 1.77. The third kappa shape index (κ3) is 7.35. The fraction of sp³-hybridized carbons (Fsp3) is 0.536.